The number of halogens is 4. The van der Waals surface area contributed by atoms with E-state index in [1.807, 2.05) is 6.92 Å². The fourth-order valence-corrected chi connectivity index (χ4v) is 6.90. The molecular formula is C42H40Br4O10. The number of benzene rings is 4. The molecule has 14 heteroatoms. The second kappa shape index (κ2) is 21.4. The zero-order chi connectivity index (χ0) is 40.2. The maximum absolute atomic E-state index is 13.9. The summed E-state index contributed by atoms with van der Waals surface area (Å²) in [6.07, 6.45) is -2.80. The van der Waals surface area contributed by atoms with Gasteiger partial charge in [0.15, 0.2) is 24.6 Å². The number of hydrogen-bond acceptors (Lipinski definition) is 10. The maximum atomic E-state index is 13.9. The summed E-state index contributed by atoms with van der Waals surface area (Å²) >= 11 is 13.5. The van der Waals surface area contributed by atoms with Crippen molar-refractivity contribution >= 4 is 87.6 Å². The Kier molecular flexibility index (Phi) is 16.7. The third-order valence-corrected chi connectivity index (χ3v) is 11.0. The van der Waals surface area contributed by atoms with E-state index in [1.54, 1.807) is 97.1 Å². The number of carbonyl (C=O) groups is 4. The predicted molar refractivity (Wildman–Crippen MR) is 222 cm³/mol. The van der Waals surface area contributed by atoms with Gasteiger partial charge < -0.3 is 28.4 Å². The van der Waals surface area contributed by atoms with Gasteiger partial charge in [-0.25, -0.2) is 19.2 Å². The molecule has 0 unspecified atom stereocenters. The van der Waals surface area contributed by atoms with Crippen molar-refractivity contribution < 1.29 is 47.6 Å². The van der Waals surface area contributed by atoms with E-state index in [2.05, 4.69) is 70.6 Å². The number of unbranched alkanes of at least 4 members (excludes halogenated alkanes) is 3. The lowest BCUT2D eigenvalue weighted by Gasteiger charge is -2.45. The molecule has 0 bridgehead atoms. The average Bonchev–Trinajstić information content (AvgIpc) is 3.18. The highest BCUT2D eigenvalue weighted by atomic mass is 79.9. The number of ether oxygens (including phenoxy) is 6. The van der Waals surface area contributed by atoms with E-state index in [0.717, 1.165) is 43.6 Å². The van der Waals surface area contributed by atoms with Gasteiger partial charge in [0.1, 0.15) is 12.7 Å². The fourth-order valence-electron chi connectivity index (χ4n) is 5.84. The van der Waals surface area contributed by atoms with Crippen LogP contribution < -0.4 is 0 Å². The number of esters is 4. The lowest BCUT2D eigenvalue weighted by Crippen LogP contribution is -2.63. The third kappa shape index (κ3) is 12.5. The summed E-state index contributed by atoms with van der Waals surface area (Å²) in [7, 11) is 0. The van der Waals surface area contributed by atoms with E-state index in [9.17, 15) is 19.2 Å². The topological polar surface area (TPSA) is 124 Å². The van der Waals surface area contributed by atoms with Crippen LogP contribution in [-0.4, -0.2) is 67.3 Å². The second-order valence-electron chi connectivity index (χ2n) is 13.1. The molecule has 0 N–H and O–H groups in total. The quantitative estimate of drug-likeness (QED) is 0.0609. The van der Waals surface area contributed by atoms with E-state index in [4.69, 9.17) is 28.4 Å². The van der Waals surface area contributed by atoms with E-state index >= 15 is 0 Å². The van der Waals surface area contributed by atoms with Gasteiger partial charge in [-0.05, 0) is 110 Å². The van der Waals surface area contributed by atoms with Gasteiger partial charge in [0.05, 0.1) is 28.4 Å². The van der Waals surface area contributed by atoms with E-state index in [1.165, 1.54) is 0 Å². The van der Waals surface area contributed by atoms with Gasteiger partial charge in [-0.15, -0.1) is 0 Å². The zero-order valence-electron chi connectivity index (χ0n) is 30.5. The van der Waals surface area contributed by atoms with Crippen LogP contribution in [0.5, 0.6) is 0 Å². The first-order valence-corrected chi connectivity index (χ1v) is 21.2. The number of hydrogen-bond donors (Lipinski definition) is 0. The summed E-state index contributed by atoms with van der Waals surface area (Å²) in [5.74, 6) is -3.02. The van der Waals surface area contributed by atoms with Crippen LogP contribution in [0.15, 0.2) is 115 Å². The van der Waals surface area contributed by atoms with E-state index < -0.39 is 67.3 Å². The Balaban J connectivity index is 1.56. The predicted octanol–water partition coefficient (Wildman–Crippen LogP) is 10.7. The highest BCUT2D eigenvalue weighted by Crippen LogP contribution is 2.33. The van der Waals surface area contributed by atoms with Crippen molar-refractivity contribution in [2.24, 2.45) is 0 Å². The summed E-state index contributed by atoms with van der Waals surface area (Å²) in [6, 6.07) is 26.0. The third-order valence-electron chi connectivity index (χ3n) is 8.85. The van der Waals surface area contributed by atoms with Crippen molar-refractivity contribution in [3.8, 4) is 0 Å². The van der Waals surface area contributed by atoms with Crippen molar-refractivity contribution in [3.05, 3.63) is 137 Å². The van der Waals surface area contributed by atoms with E-state index in [-0.39, 0.29) is 22.3 Å². The van der Waals surface area contributed by atoms with Gasteiger partial charge in [-0.3, -0.25) is 0 Å². The molecule has 4 aromatic carbocycles. The molecule has 1 aliphatic heterocycles. The summed E-state index contributed by atoms with van der Waals surface area (Å²) in [5.41, 5.74) is 0.821. The highest BCUT2D eigenvalue weighted by Gasteiger charge is 2.54. The first kappa shape index (κ1) is 43.7. The van der Waals surface area contributed by atoms with Gasteiger partial charge in [0, 0.05) is 17.9 Å². The first-order valence-electron chi connectivity index (χ1n) is 18.0. The fraction of sp³-hybridized carbons (Fsp3) is 0.333. The minimum Gasteiger partial charge on any atom is -0.459 e. The molecular weight excluding hydrogens is 984 g/mol. The van der Waals surface area contributed by atoms with Gasteiger partial charge in [0.2, 0.25) is 0 Å². The van der Waals surface area contributed by atoms with Gasteiger partial charge in [-0.2, -0.15) is 0 Å². The minimum absolute atomic E-state index is 0.177. The Bertz CT molecular complexity index is 1920. The molecule has 0 amide bonds. The Hall–Kier alpha value is -3.40. The van der Waals surface area contributed by atoms with Crippen LogP contribution in [-0.2, 0) is 28.4 Å². The minimum atomic E-state index is -1.51. The van der Waals surface area contributed by atoms with E-state index in [0.29, 0.717) is 6.42 Å². The summed E-state index contributed by atoms with van der Waals surface area (Å²) in [6.45, 7) is 3.55. The van der Waals surface area contributed by atoms with Gasteiger partial charge in [0.25, 0.3) is 0 Å². The van der Waals surface area contributed by atoms with Crippen molar-refractivity contribution in [2.45, 2.75) is 82.8 Å². The molecule has 6 atom stereocenters. The first-order chi connectivity index (χ1) is 26.9. The normalized spacial score (nSPS) is 19.7. The number of rotatable bonds is 16. The molecule has 10 nitrogen and oxygen atoms in total. The molecule has 0 spiro atoms. The monoisotopic (exact) mass is 1020 g/mol. The molecule has 1 heterocycles. The molecule has 0 aliphatic carbocycles. The summed E-state index contributed by atoms with van der Waals surface area (Å²) in [5, 5.41) is 0. The molecule has 0 saturated carbocycles. The summed E-state index contributed by atoms with van der Waals surface area (Å²) < 4.78 is 40.1. The zero-order valence-corrected chi connectivity index (χ0v) is 36.9. The molecule has 4 aromatic rings. The smallest absolute Gasteiger partial charge is 0.338 e. The number of carbonyl (C=O) groups excluding carboxylic acids is 4. The van der Waals surface area contributed by atoms with Crippen molar-refractivity contribution in [1.82, 2.24) is 0 Å². The largest absolute Gasteiger partial charge is 0.459 e. The van der Waals surface area contributed by atoms with Crippen molar-refractivity contribution in [2.75, 3.05) is 6.61 Å². The molecule has 0 radical (unpaired) electrons. The Labute approximate surface area is 359 Å². The Morgan fingerprint density at radius 3 is 1.38 bits per heavy atom. The van der Waals surface area contributed by atoms with Crippen molar-refractivity contribution in [3.63, 3.8) is 0 Å². The van der Waals surface area contributed by atoms with Crippen LogP contribution in [0, 0.1) is 0 Å². The molecule has 0 aromatic heterocycles. The van der Waals surface area contributed by atoms with Crippen LogP contribution in [0.2, 0.25) is 0 Å². The standard InChI is InChI=1S/C42H40Br4O10/c1-3-4-5-6-7-25(2)52-42-37(56-41(50)29-14-22-33(46)23-15-29)36(55-40(49)28-12-20-32(45)21-13-28)35(54-39(48)27-10-18-31(44)19-11-27)34(53-42)24-51-38(47)26-8-16-30(43)17-9-26/h8-23,25,34-37,42H,3-7,24H2,1-2H3/t25-,34+,35-,36-,37+,42-/m0/s1. The van der Waals surface area contributed by atoms with Crippen LogP contribution in [0.4, 0.5) is 0 Å². The second-order valence-corrected chi connectivity index (χ2v) is 16.7. The lowest BCUT2D eigenvalue weighted by atomic mass is 9.97. The van der Waals surface area contributed by atoms with Gasteiger partial charge in [-0.1, -0.05) is 96.3 Å². The highest BCUT2D eigenvalue weighted by molar-refractivity contribution is 9.11. The van der Waals surface area contributed by atoms with Crippen molar-refractivity contribution in [1.29, 1.82) is 0 Å². The average molecular weight is 1020 g/mol. The molecule has 1 fully saturated rings. The molecule has 56 heavy (non-hydrogen) atoms. The molecule has 1 aliphatic rings. The van der Waals surface area contributed by atoms with Crippen LogP contribution >= 0.6 is 63.7 Å². The van der Waals surface area contributed by atoms with Crippen LogP contribution in [0.3, 0.4) is 0 Å². The molecule has 296 valence electrons. The van der Waals surface area contributed by atoms with Crippen LogP contribution in [0.1, 0.15) is 87.4 Å². The maximum Gasteiger partial charge on any atom is 0.338 e. The lowest BCUT2D eigenvalue weighted by molar-refractivity contribution is -0.307. The Morgan fingerprint density at radius 2 is 0.946 bits per heavy atom. The molecule has 5 rings (SSSR count). The molecule has 1 saturated heterocycles. The van der Waals surface area contributed by atoms with Crippen LogP contribution in [0.25, 0.3) is 0 Å². The van der Waals surface area contributed by atoms with Gasteiger partial charge >= 0.3 is 23.9 Å². The Morgan fingerprint density at radius 1 is 0.554 bits per heavy atom. The SMILES string of the molecule is CCCCCC[C@H](C)O[C@H]1O[C@H](COC(=O)c2ccc(Br)cc2)[C@H](OC(=O)c2ccc(Br)cc2)[C@H](OC(=O)c2ccc(Br)cc2)[C@H]1OC(=O)c1ccc(Br)cc1. The summed E-state index contributed by atoms with van der Waals surface area (Å²) in [4.78, 5) is 54.8.